The number of rotatable bonds is 6. The van der Waals surface area contributed by atoms with Gasteiger partial charge in [0.15, 0.2) is 10.4 Å². The Labute approximate surface area is 123 Å². The lowest BCUT2D eigenvalue weighted by atomic mass is 10.2. The van der Waals surface area contributed by atoms with Gasteiger partial charge in [0, 0.05) is 19.1 Å². The Balaban J connectivity index is 2.27. The van der Waals surface area contributed by atoms with Crippen molar-refractivity contribution in [1.82, 2.24) is 24.4 Å². The van der Waals surface area contributed by atoms with E-state index in [4.69, 9.17) is 17.0 Å². The lowest BCUT2D eigenvalue weighted by molar-refractivity contribution is 0.243. The first-order valence-electron chi connectivity index (χ1n) is 6.76. The van der Waals surface area contributed by atoms with E-state index in [1.165, 1.54) is 6.33 Å². The van der Waals surface area contributed by atoms with Crippen LogP contribution in [0, 0.1) is 4.77 Å². The van der Waals surface area contributed by atoms with Crippen molar-refractivity contribution in [2.75, 3.05) is 20.7 Å². The van der Waals surface area contributed by atoms with E-state index in [-0.39, 0.29) is 0 Å². The van der Waals surface area contributed by atoms with Crippen molar-refractivity contribution in [3.8, 4) is 5.88 Å². The molecule has 0 fully saturated rings. The maximum Gasteiger partial charge on any atom is 0.242 e. The van der Waals surface area contributed by atoms with Crippen molar-refractivity contribution in [3.05, 3.63) is 11.1 Å². The molecule has 1 unspecified atom stereocenters. The number of likely N-dealkylation sites (N-methyl/N-ethyl adjacent to an activating group) is 1. The second kappa shape index (κ2) is 6.32. The van der Waals surface area contributed by atoms with Gasteiger partial charge in [0.05, 0.1) is 7.11 Å². The van der Waals surface area contributed by atoms with Crippen LogP contribution in [-0.4, -0.2) is 51.2 Å². The van der Waals surface area contributed by atoms with E-state index in [9.17, 15) is 0 Å². The highest BCUT2D eigenvalue weighted by molar-refractivity contribution is 7.71. The van der Waals surface area contributed by atoms with Gasteiger partial charge in [-0.3, -0.25) is 0 Å². The van der Waals surface area contributed by atoms with Crippen molar-refractivity contribution in [2.45, 2.75) is 32.9 Å². The first-order chi connectivity index (χ1) is 9.58. The number of aromatic amines is 1. The molecule has 6 nitrogen and oxygen atoms in total. The Bertz CT molecular complexity index is 635. The third kappa shape index (κ3) is 2.83. The van der Waals surface area contributed by atoms with Crippen LogP contribution in [0.5, 0.6) is 5.88 Å². The molecular weight excluding hydrogens is 274 g/mol. The summed E-state index contributed by atoms with van der Waals surface area (Å²) in [6.07, 6.45) is 2.63. The zero-order valence-electron chi connectivity index (χ0n) is 12.4. The Hall–Kier alpha value is -1.47. The van der Waals surface area contributed by atoms with E-state index in [2.05, 4.69) is 40.7 Å². The summed E-state index contributed by atoms with van der Waals surface area (Å²) in [7, 11) is 3.72. The third-order valence-electron chi connectivity index (χ3n) is 3.74. The summed E-state index contributed by atoms with van der Waals surface area (Å²) in [5.41, 5.74) is 1.55. The number of aromatic nitrogens is 4. The van der Waals surface area contributed by atoms with Crippen molar-refractivity contribution < 1.29 is 4.74 Å². The number of imidazole rings is 1. The average Bonchev–Trinajstić information content (AvgIpc) is 2.79. The molecule has 0 saturated heterocycles. The Morgan fingerprint density at radius 3 is 2.90 bits per heavy atom. The van der Waals surface area contributed by atoms with Crippen LogP contribution in [0.4, 0.5) is 0 Å². The predicted molar refractivity (Wildman–Crippen MR) is 81.6 cm³/mol. The SMILES string of the molecule is CCC(C)N(C)CCn1c(=S)[nH]c2c(OC)ncnc21. The zero-order chi connectivity index (χ0) is 14.7. The molecule has 0 aliphatic rings. The summed E-state index contributed by atoms with van der Waals surface area (Å²) < 4.78 is 7.87. The van der Waals surface area contributed by atoms with Crippen molar-refractivity contribution >= 4 is 23.4 Å². The number of nitrogens with zero attached hydrogens (tertiary/aromatic N) is 4. The second-order valence-corrected chi connectivity index (χ2v) is 5.29. The first-order valence-corrected chi connectivity index (χ1v) is 7.17. The number of H-pyrrole nitrogens is 1. The van der Waals surface area contributed by atoms with Gasteiger partial charge in [-0.15, -0.1) is 0 Å². The molecule has 2 rings (SSSR count). The standard InChI is InChI=1S/C13H21N5OS/c1-5-9(2)17(3)6-7-18-11-10(16-13(18)20)12(19-4)15-8-14-11/h8-9H,5-7H2,1-4H3,(H,16,20). The van der Waals surface area contributed by atoms with Crippen molar-refractivity contribution in [3.63, 3.8) is 0 Å². The van der Waals surface area contributed by atoms with Gasteiger partial charge in [-0.25, -0.2) is 4.98 Å². The van der Waals surface area contributed by atoms with Gasteiger partial charge in [0.2, 0.25) is 5.88 Å². The summed E-state index contributed by atoms with van der Waals surface area (Å²) >= 11 is 5.37. The van der Waals surface area contributed by atoms with E-state index in [1.807, 2.05) is 4.57 Å². The monoisotopic (exact) mass is 295 g/mol. The lowest BCUT2D eigenvalue weighted by Crippen LogP contribution is -2.31. The van der Waals surface area contributed by atoms with Gasteiger partial charge in [-0.1, -0.05) is 6.92 Å². The number of ether oxygens (including phenoxy) is 1. The lowest BCUT2D eigenvalue weighted by Gasteiger charge is -2.23. The topological polar surface area (TPSA) is 59.0 Å². The summed E-state index contributed by atoms with van der Waals surface area (Å²) in [6.45, 7) is 6.12. The molecule has 1 atom stereocenters. The highest BCUT2D eigenvalue weighted by atomic mass is 32.1. The van der Waals surface area contributed by atoms with Gasteiger partial charge in [-0.2, -0.15) is 4.98 Å². The second-order valence-electron chi connectivity index (χ2n) is 4.90. The molecule has 0 aliphatic carbocycles. The molecule has 0 spiro atoms. The van der Waals surface area contributed by atoms with Crippen LogP contribution in [0.1, 0.15) is 20.3 Å². The third-order valence-corrected chi connectivity index (χ3v) is 4.06. The van der Waals surface area contributed by atoms with Gasteiger partial charge in [-0.05, 0) is 32.6 Å². The Kier molecular flexibility index (Phi) is 4.72. The zero-order valence-corrected chi connectivity index (χ0v) is 13.2. The molecule has 0 amide bonds. The van der Waals surface area contributed by atoms with E-state index in [1.54, 1.807) is 7.11 Å². The number of fused-ring (bicyclic) bond motifs is 1. The van der Waals surface area contributed by atoms with Gasteiger partial charge in [0.1, 0.15) is 11.8 Å². The summed E-state index contributed by atoms with van der Waals surface area (Å²) in [6, 6.07) is 0.554. The molecular formula is C13H21N5OS. The molecule has 0 radical (unpaired) electrons. The van der Waals surface area contributed by atoms with Gasteiger partial charge in [0.25, 0.3) is 0 Å². The summed E-state index contributed by atoms with van der Waals surface area (Å²) in [5.74, 6) is 0.523. The van der Waals surface area contributed by atoms with E-state index < -0.39 is 0 Å². The molecule has 0 aliphatic heterocycles. The van der Waals surface area contributed by atoms with Gasteiger partial charge >= 0.3 is 0 Å². The quantitative estimate of drug-likeness (QED) is 0.828. The maximum atomic E-state index is 5.37. The highest BCUT2D eigenvalue weighted by Gasteiger charge is 2.13. The van der Waals surface area contributed by atoms with E-state index in [0.29, 0.717) is 16.7 Å². The van der Waals surface area contributed by atoms with Crippen LogP contribution < -0.4 is 4.74 Å². The fraction of sp³-hybridized carbons (Fsp3) is 0.615. The van der Waals surface area contributed by atoms with E-state index in [0.717, 1.165) is 30.7 Å². The molecule has 20 heavy (non-hydrogen) atoms. The van der Waals surface area contributed by atoms with Crippen LogP contribution in [0.2, 0.25) is 0 Å². The average molecular weight is 295 g/mol. The fourth-order valence-electron chi connectivity index (χ4n) is 2.10. The predicted octanol–water partition coefficient (Wildman–Crippen LogP) is 2.23. The minimum Gasteiger partial charge on any atom is -0.479 e. The molecule has 0 bridgehead atoms. The van der Waals surface area contributed by atoms with Crippen LogP contribution in [0.15, 0.2) is 6.33 Å². The highest BCUT2D eigenvalue weighted by Crippen LogP contribution is 2.19. The Morgan fingerprint density at radius 2 is 2.25 bits per heavy atom. The number of methoxy groups -OCH3 is 1. The number of nitrogens with one attached hydrogen (secondary N) is 1. The number of hydrogen-bond acceptors (Lipinski definition) is 5. The fourth-order valence-corrected chi connectivity index (χ4v) is 2.38. The molecule has 0 saturated carbocycles. The molecule has 2 aromatic rings. The van der Waals surface area contributed by atoms with E-state index >= 15 is 0 Å². The van der Waals surface area contributed by atoms with Crippen molar-refractivity contribution in [2.24, 2.45) is 0 Å². The first kappa shape index (κ1) is 14.9. The minimum absolute atomic E-state index is 0.523. The van der Waals surface area contributed by atoms with Crippen molar-refractivity contribution in [1.29, 1.82) is 0 Å². The smallest absolute Gasteiger partial charge is 0.242 e. The molecule has 2 aromatic heterocycles. The van der Waals surface area contributed by atoms with Crippen LogP contribution in [0.25, 0.3) is 11.2 Å². The summed E-state index contributed by atoms with van der Waals surface area (Å²) in [4.78, 5) is 13.8. The minimum atomic E-state index is 0.523. The molecule has 2 heterocycles. The summed E-state index contributed by atoms with van der Waals surface area (Å²) in [5, 5.41) is 0. The normalized spacial score (nSPS) is 13.1. The van der Waals surface area contributed by atoms with Crippen LogP contribution >= 0.6 is 12.2 Å². The largest absolute Gasteiger partial charge is 0.479 e. The molecule has 110 valence electrons. The molecule has 7 heteroatoms. The Morgan fingerprint density at radius 1 is 1.50 bits per heavy atom. The maximum absolute atomic E-state index is 5.37. The number of hydrogen-bond donors (Lipinski definition) is 1. The van der Waals surface area contributed by atoms with Crippen LogP contribution in [-0.2, 0) is 6.54 Å². The van der Waals surface area contributed by atoms with Gasteiger partial charge < -0.3 is 19.2 Å². The molecule has 0 aromatic carbocycles. The van der Waals surface area contributed by atoms with Crippen LogP contribution in [0.3, 0.4) is 0 Å². The molecule has 1 N–H and O–H groups in total.